The summed E-state index contributed by atoms with van der Waals surface area (Å²) in [5, 5.41) is 72.7. The van der Waals surface area contributed by atoms with Gasteiger partial charge in [-0.1, -0.05) is 187 Å². The van der Waals surface area contributed by atoms with Crippen LogP contribution in [-0.2, 0) is 36.9 Å². The first-order chi connectivity index (χ1) is 62.7. The minimum absolute atomic E-state index is 0. The van der Waals surface area contributed by atoms with Crippen molar-refractivity contribution in [3.8, 4) is 0 Å². The summed E-state index contributed by atoms with van der Waals surface area (Å²) >= 11 is 0. The van der Waals surface area contributed by atoms with Crippen LogP contribution in [0.5, 0.6) is 0 Å². The maximum atomic E-state index is 13.5. The average Bonchev–Trinajstić information content (AvgIpc) is 0.762. The van der Waals surface area contributed by atoms with Gasteiger partial charge in [0.05, 0.1) is 135 Å². The molecule has 0 radical (unpaired) electrons. The largest absolute Gasteiger partial charge is 2.00 e. The van der Waals surface area contributed by atoms with Gasteiger partial charge in [-0.3, -0.25) is 62.2 Å². The monoisotopic (exact) mass is 1870 g/mol. The first-order valence-corrected chi connectivity index (χ1v) is 45.5. The van der Waals surface area contributed by atoms with E-state index in [0.29, 0.717) is 106 Å². The fraction of sp³-hybridized carbons (Fsp3) is 0.339. The van der Waals surface area contributed by atoms with E-state index in [1.807, 2.05) is 153 Å². The fourth-order valence-corrected chi connectivity index (χ4v) is 19.6. The van der Waals surface area contributed by atoms with Crippen molar-refractivity contribution < 1.29 is 52.4 Å². The van der Waals surface area contributed by atoms with Crippen LogP contribution in [0.1, 0.15) is 248 Å². The molecule has 0 unspecified atom stereocenters. The van der Waals surface area contributed by atoms with Crippen molar-refractivity contribution in [2.75, 3.05) is 0 Å². The topological polar surface area (TPSA) is 330 Å². The van der Waals surface area contributed by atoms with Crippen molar-refractivity contribution >= 4 is 121 Å². The number of rotatable bonds is 16. The van der Waals surface area contributed by atoms with E-state index in [1.54, 1.807) is 95.9 Å². The Kier molecular flexibility index (Phi) is 32.0. The molecule has 4 saturated carbocycles. The molecule has 0 bridgehead atoms. The second-order valence-electron chi connectivity index (χ2n) is 36.8. The van der Waals surface area contributed by atoms with Crippen LogP contribution in [0.3, 0.4) is 0 Å². The van der Waals surface area contributed by atoms with E-state index in [2.05, 4.69) is 70.7 Å². The number of nitrogens with zero attached hydrogens (tertiary/aromatic N) is 12. The second-order valence-corrected chi connectivity index (χ2v) is 36.8. The van der Waals surface area contributed by atoms with Crippen LogP contribution in [0, 0.1) is 7.43 Å². The molecule has 134 heavy (non-hydrogen) atoms. The molecule has 4 aliphatic carbocycles. The van der Waals surface area contributed by atoms with Crippen molar-refractivity contribution in [2.24, 2.45) is 0 Å². The summed E-state index contributed by atoms with van der Waals surface area (Å²) in [4.78, 5) is 102. The number of benzene rings is 8. The van der Waals surface area contributed by atoms with Gasteiger partial charge in [0, 0.05) is 53.3 Å². The van der Waals surface area contributed by atoms with Crippen molar-refractivity contribution in [3.63, 3.8) is 0 Å². The molecule has 8 atom stereocenters. The fourth-order valence-electron chi connectivity index (χ4n) is 19.6. The predicted molar refractivity (Wildman–Crippen MR) is 530 cm³/mol. The number of carbonyl (C=O) groups is 1. The summed E-state index contributed by atoms with van der Waals surface area (Å²) in [5.41, 5.74) is 12.1. The van der Waals surface area contributed by atoms with Gasteiger partial charge in [-0.2, -0.15) is 0 Å². The SMILES string of the molecule is C.C=C(C)c1ccc(Cc2cc3c(=O)n([C@H]4CCCC[C@@H]4O)cnc3c3ccccc23)cn1.CC(=O)c1ccc(Cc2cc3c(=O)n([C@H]4CCCC[C@@H]4O)cnc3c3ccccc23)cn1.CC(C)(O)c1ccc(Cc2cc3c(=O)n([C@H]4CCCC[C@@H]4O)cnc3c3ccccc23)cn1.CC(C)(O)c1ccc(Cc2cc3c(=O)n([C@H]4CCCC[C@@H]4O)cnc3c3ccccc23)cn1.[Br-].[CH3-].[Mg+2]. The zero-order valence-corrected chi connectivity index (χ0v) is 79.4. The minimum atomic E-state index is -0.991. The van der Waals surface area contributed by atoms with Gasteiger partial charge in [-0.05, 0) is 232 Å². The van der Waals surface area contributed by atoms with Gasteiger partial charge in [0.1, 0.15) is 16.9 Å². The first kappa shape index (κ1) is 99.8. The molecule has 4 fully saturated rings. The van der Waals surface area contributed by atoms with E-state index < -0.39 is 35.6 Å². The zero-order chi connectivity index (χ0) is 90.8. The molecule has 0 saturated heterocycles. The smallest absolute Gasteiger partial charge is 1.00 e. The number of aromatic nitrogens is 12. The Hall–Kier alpha value is -11.6. The second kappa shape index (κ2) is 42.9. The van der Waals surface area contributed by atoms with Gasteiger partial charge < -0.3 is 55.0 Å². The Labute approximate surface area is 805 Å². The summed E-state index contributed by atoms with van der Waals surface area (Å²) in [6.07, 6.45) is 28.0. The van der Waals surface area contributed by atoms with Gasteiger partial charge >= 0.3 is 23.1 Å². The molecular weight excluding hydrogens is 1760 g/mol. The van der Waals surface area contributed by atoms with E-state index in [-0.39, 0.29) is 107 Å². The van der Waals surface area contributed by atoms with Crippen LogP contribution in [-0.4, -0.2) is 142 Å². The predicted octanol–water partition coefficient (Wildman–Crippen LogP) is 15.4. The number of halogens is 1. The number of Topliss-reactive ketones (excluding diaryl/α,β-unsaturated/α-hetero) is 1. The van der Waals surface area contributed by atoms with E-state index in [0.717, 1.165) is 182 Å². The Morgan fingerprint density at radius 3 is 0.784 bits per heavy atom. The summed E-state index contributed by atoms with van der Waals surface area (Å²) in [5.74, 6) is -0.0655. The minimum Gasteiger partial charge on any atom is -1.00 e. The number of carbonyl (C=O) groups excluding carboxylic acids is 1. The summed E-state index contributed by atoms with van der Waals surface area (Å²) in [6, 6.07) is 54.3. The van der Waals surface area contributed by atoms with Crippen molar-refractivity contribution in [1.82, 2.24) is 58.1 Å². The molecule has 688 valence electrons. The Balaban J connectivity index is 0.000000150. The molecule has 8 aromatic heterocycles. The molecule has 25 heteroatoms. The third-order valence-electron chi connectivity index (χ3n) is 26.6. The Morgan fingerprint density at radius 2 is 0.575 bits per heavy atom. The number of fused-ring (bicyclic) bond motifs is 12. The number of hydrogen-bond donors (Lipinski definition) is 6. The molecular formula is C109H117BrMgN12O11. The molecule has 6 N–H and O–H groups in total. The molecule has 16 aromatic rings. The molecule has 20 rings (SSSR count). The number of allylic oxidation sites excluding steroid dienone is 1. The molecule has 23 nitrogen and oxygen atoms in total. The maximum absolute atomic E-state index is 13.5. The van der Waals surface area contributed by atoms with Crippen LogP contribution in [0.15, 0.2) is 246 Å². The maximum Gasteiger partial charge on any atom is 2.00 e. The number of aliphatic hydroxyl groups is 6. The standard InChI is InChI=1S/2C27H29N3O3.C27H27N3O2.C26H25N3O3.CH4.CH3.BrH.Mg/c2*1-27(2,33)24-12-11-17(15-28-24)13-18-14-21-25(20-8-4-3-7-19(18)20)29-16-30(26(21)32)22-9-5-6-10-23(22)31;1-17(2)23-12-11-18(15-28-23)13-19-14-22-26(21-8-4-3-7-20(19)21)29-16-30(27(22)32)24-9-5-6-10-25(24)31;1-16(30)22-11-10-17(14-27-22)12-18-13-21-25(20-7-3-2-6-19(18)20)28-15-29(26(21)32)23-8-4-5-9-24(23)31;;;;/h2*3-4,7-8,11-12,14-16,22-23,31,33H,5-6,9-10,13H2,1-2H3;3-4,7-8,11-12,14-16,24-25,31H,1,5-6,9-10,13H2,2H3;2-3,6-7,10-11,13-15,23-24,31H,4-5,8-9,12H2,1H3;1H4;1H3;1H;/q;;;;;-1;;+2/p-1/t2*22-,23-;24-,25-;23-,24-;;;;/m0000..../s1. The summed E-state index contributed by atoms with van der Waals surface area (Å²) < 4.78 is 6.52. The van der Waals surface area contributed by atoms with Crippen molar-refractivity contribution in [1.29, 1.82) is 0 Å². The van der Waals surface area contributed by atoms with Gasteiger partial charge in [0.25, 0.3) is 22.2 Å². The number of aliphatic hydroxyl groups excluding tert-OH is 4. The molecule has 4 aliphatic rings. The van der Waals surface area contributed by atoms with Crippen molar-refractivity contribution in [3.05, 3.63) is 343 Å². The van der Waals surface area contributed by atoms with Crippen molar-refractivity contribution in [2.45, 2.75) is 237 Å². The van der Waals surface area contributed by atoms with Gasteiger partial charge in [0.15, 0.2) is 5.78 Å². The summed E-state index contributed by atoms with van der Waals surface area (Å²) in [6.45, 7) is 14.3. The number of ketones is 1. The van der Waals surface area contributed by atoms with Gasteiger partial charge in [-0.25, -0.2) is 19.9 Å². The van der Waals surface area contributed by atoms with Crippen LogP contribution in [0.2, 0.25) is 0 Å². The van der Waals surface area contributed by atoms with E-state index in [4.69, 9.17) is 0 Å². The molecule has 8 aromatic carbocycles. The van der Waals surface area contributed by atoms with Crippen LogP contribution in [0.25, 0.3) is 92.3 Å². The van der Waals surface area contributed by atoms with Crippen LogP contribution < -0.4 is 39.2 Å². The molecule has 8 heterocycles. The zero-order valence-electron chi connectivity index (χ0n) is 76.4. The average molecular weight is 1880 g/mol. The molecule has 0 amide bonds. The third kappa shape index (κ3) is 21.2. The Morgan fingerprint density at radius 1 is 0.343 bits per heavy atom. The van der Waals surface area contributed by atoms with E-state index in [1.165, 1.54) is 6.92 Å². The number of hydrogen-bond acceptors (Lipinski definition) is 19. The molecule has 0 spiro atoms. The summed E-state index contributed by atoms with van der Waals surface area (Å²) in [7, 11) is 0. The van der Waals surface area contributed by atoms with Gasteiger partial charge in [0.2, 0.25) is 0 Å². The first-order valence-electron chi connectivity index (χ1n) is 45.5. The quantitative estimate of drug-likeness (QED) is 0.0226. The third-order valence-corrected chi connectivity index (χ3v) is 26.6. The Bertz CT molecular complexity index is 6790. The van der Waals surface area contributed by atoms with Crippen LogP contribution in [0.4, 0.5) is 0 Å². The molecule has 0 aliphatic heterocycles. The van der Waals surface area contributed by atoms with Crippen LogP contribution >= 0.6 is 0 Å². The number of pyridine rings is 4. The van der Waals surface area contributed by atoms with E-state index >= 15 is 0 Å². The van der Waals surface area contributed by atoms with E-state index in [9.17, 15) is 54.6 Å². The normalized spacial score (nSPS) is 18.5. The van der Waals surface area contributed by atoms with Gasteiger partial charge in [-0.15, -0.1) is 0 Å².